The fourth-order valence-corrected chi connectivity index (χ4v) is 1.86. The zero-order chi connectivity index (χ0) is 14.6. The van der Waals surface area contributed by atoms with E-state index in [2.05, 4.69) is 4.99 Å². The van der Waals surface area contributed by atoms with Gasteiger partial charge in [-0.2, -0.15) is 13.2 Å². The molecule has 0 spiro atoms. The van der Waals surface area contributed by atoms with Gasteiger partial charge >= 0.3 is 6.18 Å². The second kappa shape index (κ2) is 6.18. The highest BCUT2D eigenvalue weighted by atomic mass is 32.2. The van der Waals surface area contributed by atoms with Crippen LogP contribution < -0.4 is 0 Å². The van der Waals surface area contributed by atoms with Crippen LogP contribution in [0.25, 0.3) is 5.70 Å². The number of halogens is 5. The largest absolute Gasteiger partial charge is 0.417 e. The number of nitrogens with zero attached hydrogens (tertiary/aromatic N) is 1. The van der Waals surface area contributed by atoms with Gasteiger partial charge in [-0.25, -0.2) is 8.78 Å². The van der Waals surface area contributed by atoms with Crippen molar-refractivity contribution < 1.29 is 22.0 Å². The molecule has 1 aromatic carbocycles. The molecule has 1 rings (SSSR count). The van der Waals surface area contributed by atoms with Gasteiger partial charge in [-0.1, -0.05) is 0 Å². The number of benzene rings is 1. The van der Waals surface area contributed by atoms with Crippen LogP contribution in [0.3, 0.4) is 0 Å². The Morgan fingerprint density at radius 1 is 1.26 bits per heavy atom. The van der Waals surface area contributed by atoms with Crippen molar-refractivity contribution in [2.75, 3.05) is 6.26 Å². The lowest BCUT2D eigenvalue weighted by atomic mass is 10.0. The molecule has 1 aromatic rings. The number of hydrogen-bond acceptors (Lipinski definition) is 2. The molecule has 0 saturated carbocycles. The number of thioether (sulfide) groups is 1. The summed E-state index contributed by atoms with van der Waals surface area (Å²) >= 11 is 1.07. The summed E-state index contributed by atoms with van der Waals surface area (Å²) in [5.41, 5.74) is -2.32. The van der Waals surface area contributed by atoms with Gasteiger partial charge < -0.3 is 0 Å². The Kier molecular flexibility index (Phi) is 5.11. The molecule has 0 radical (unpaired) electrons. The van der Waals surface area contributed by atoms with Crippen molar-refractivity contribution in [2.24, 2.45) is 4.99 Å². The van der Waals surface area contributed by atoms with Crippen LogP contribution in [0.2, 0.25) is 0 Å². The molecule has 104 valence electrons. The third-order valence-corrected chi connectivity index (χ3v) is 2.57. The molecular formula is C12H10F5NS. The molecule has 1 nitrogen and oxygen atoms in total. The Morgan fingerprint density at radius 3 is 2.37 bits per heavy atom. The van der Waals surface area contributed by atoms with E-state index in [0.29, 0.717) is 6.07 Å². The van der Waals surface area contributed by atoms with E-state index in [1.54, 1.807) is 6.26 Å². The van der Waals surface area contributed by atoms with Gasteiger partial charge in [0, 0.05) is 17.8 Å². The van der Waals surface area contributed by atoms with Gasteiger partial charge in [0.05, 0.1) is 11.3 Å². The van der Waals surface area contributed by atoms with Crippen LogP contribution in [-0.2, 0) is 6.18 Å². The lowest BCUT2D eigenvalue weighted by molar-refractivity contribution is -0.138. The van der Waals surface area contributed by atoms with Crippen LogP contribution in [0.1, 0.15) is 18.1 Å². The minimum Gasteiger partial charge on any atom is -0.260 e. The zero-order valence-corrected chi connectivity index (χ0v) is 10.9. The van der Waals surface area contributed by atoms with Crippen molar-refractivity contribution in [1.82, 2.24) is 0 Å². The summed E-state index contributed by atoms with van der Waals surface area (Å²) < 4.78 is 65.1. The van der Waals surface area contributed by atoms with E-state index in [4.69, 9.17) is 0 Å². The Bertz CT molecular complexity index is 520. The van der Waals surface area contributed by atoms with Crippen molar-refractivity contribution in [2.45, 2.75) is 13.1 Å². The van der Waals surface area contributed by atoms with Crippen molar-refractivity contribution in [1.29, 1.82) is 0 Å². The summed E-state index contributed by atoms with van der Waals surface area (Å²) in [5.74, 6) is -2.57. The predicted octanol–water partition coefficient (Wildman–Crippen LogP) is 4.74. The third kappa shape index (κ3) is 3.79. The molecule has 0 atom stereocenters. The topological polar surface area (TPSA) is 12.4 Å². The molecule has 0 aliphatic carbocycles. The van der Waals surface area contributed by atoms with Gasteiger partial charge in [-0.15, -0.1) is 11.8 Å². The Labute approximate surface area is 111 Å². The fourth-order valence-electron chi connectivity index (χ4n) is 1.46. The first-order valence-corrected chi connectivity index (χ1v) is 6.38. The SMILES string of the molecule is CC=N/C(=C\SC)c1c(F)cc(F)cc1C(F)(F)F. The maximum atomic E-state index is 13.7. The monoisotopic (exact) mass is 295 g/mol. The molecule has 0 saturated heterocycles. The van der Waals surface area contributed by atoms with Crippen LogP contribution in [0.4, 0.5) is 22.0 Å². The summed E-state index contributed by atoms with van der Waals surface area (Å²) in [6.07, 6.45) is -2.02. The average Bonchev–Trinajstić information content (AvgIpc) is 2.26. The zero-order valence-electron chi connectivity index (χ0n) is 10.1. The quantitative estimate of drug-likeness (QED) is 0.580. The summed E-state index contributed by atoms with van der Waals surface area (Å²) in [5, 5.41) is 1.27. The second-order valence-electron chi connectivity index (χ2n) is 3.43. The molecule has 0 heterocycles. The lowest BCUT2D eigenvalue weighted by Crippen LogP contribution is -2.11. The van der Waals surface area contributed by atoms with Crippen LogP contribution in [-0.4, -0.2) is 12.5 Å². The van der Waals surface area contributed by atoms with E-state index < -0.39 is 28.9 Å². The van der Waals surface area contributed by atoms with Crippen LogP contribution in [0.15, 0.2) is 22.5 Å². The van der Waals surface area contributed by atoms with Gasteiger partial charge in [0.15, 0.2) is 0 Å². The first-order chi connectivity index (χ1) is 8.81. The van der Waals surface area contributed by atoms with E-state index in [1.807, 2.05) is 0 Å². The van der Waals surface area contributed by atoms with E-state index in [1.165, 1.54) is 18.5 Å². The molecule has 19 heavy (non-hydrogen) atoms. The van der Waals surface area contributed by atoms with E-state index in [0.717, 1.165) is 11.8 Å². The first-order valence-electron chi connectivity index (χ1n) is 5.09. The average molecular weight is 295 g/mol. The van der Waals surface area contributed by atoms with Gasteiger partial charge in [0.1, 0.15) is 11.6 Å². The maximum Gasteiger partial charge on any atom is 0.417 e. The molecule has 0 bridgehead atoms. The highest BCUT2D eigenvalue weighted by molar-refractivity contribution is 8.01. The molecule has 0 unspecified atom stereocenters. The summed E-state index contributed by atoms with van der Waals surface area (Å²) in [7, 11) is 0. The van der Waals surface area contributed by atoms with E-state index in [-0.39, 0.29) is 11.8 Å². The van der Waals surface area contributed by atoms with Gasteiger partial charge in [0.2, 0.25) is 0 Å². The molecule has 7 heteroatoms. The first kappa shape index (κ1) is 15.7. The Balaban J connectivity index is 3.61. The molecule has 0 aliphatic rings. The molecule has 0 fully saturated rings. The molecule has 0 amide bonds. The van der Waals surface area contributed by atoms with Crippen molar-refractivity contribution in [3.8, 4) is 0 Å². The van der Waals surface area contributed by atoms with Crippen molar-refractivity contribution >= 4 is 23.7 Å². The number of aliphatic imine (C=N–C) groups is 1. The summed E-state index contributed by atoms with van der Waals surface area (Å²) in [4.78, 5) is 3.70. The molecule has 0 N–H and O–H groups in total. The lowest BCUT2D eigenvalue weighted by Gasteiger charge is -2.14. The van der Waals surface area contributed by atoms with Gasteiger partial charge in [-0.3, -0.25) is 4.99 Å². The van der Waals surface area contributed by atoms with Gasteiger partial charge in [0.25, 0.3) is 0 Å². The smallest absolute Gasteiger partial charge is 0.260 e. The number of hydrogen-bond donors (Lipinski definition) is 0. The van der Waals surface area contributed by atoms with Crippen molar-refractivity contribution in [3.63, 3.8) is 0 Å². The summed E-state index contributed by atoms with van der Waals surface area (Å²) in [6.45, 7) is 1.49. The summed E-state index contributed by atoms with van der Waals surface area (Å²) in [6, 6.07) is 0.668. The normalized spacial score (nSPS) is 13.3. The van der Waals surface area contributed by atoms with Crippen molar-refractivity contribution in [3.05, 3.63) is 40.3 Å². The molecular weight excluding hydrogens is 285 g/mol. The second-order valence-corrected chi connectivity index (χ2v) is 4.14. The van der Waals surface area contributed by atoms with E-state index >= 15 is 0 Å². The van der Waals surface area contributed by atoms with E-state index in [9.17, 15) is 22.0 Å². The number of alkyl halides is 3. The standard InChI is InChI=1S/C12H10F5NS/c1-3-18-10(6-19-2)11-8(12(15,16)17)4-7(13)5-9(11)14/h3-6H,1-2H3/b10-6-,18-3?. The minimum absolute atomic E-state index is 0.195. The van der Waals surface area contributed by atoms with Gasteiger partial charge in [-0.05, 0) is 24.7 Å². The predicted molar refractivity (Wildman–Crippen MR) is 67.0 cm³/mol. The number of rotatable bonds is 3. The van der Waals surface area contributed by atoms with Crippen LogP contribution >= 0.6 is 11.8 Å². The molecule has 0 aliphatic heterocycles. The Hall–Kier alpha value is -1.37. The Morgan fingerprint density at radius 2 is 1.89 bits per heavy atom. The third-order valence-electron chi connectivity index (χ3n) is 2.11. The fraction of sp³-hybridized carbons (Fsp3) is 0.250. The minimum atomic E-state index is -4.86. The van der Waals surface area contributed by atoms with Crippen LogP contribution in [0, 0.1) is 11.6 Å². The maximum absolute atomic E-state index is 13.7. The highest BCUT2D eigenvalue weighted by Crippen LogP contribution is 2.37. The highest BCUT2D eigenvalue weighted by Gasteiger charge is 2.36. The molecule has 0 aromatic heterocycles. The van der Waals surface area contributed by atoms with Crippen LogP contribution in [0.5, 0.6) is 0 Å².